The molecule has 116 valence electrons. The van der Waals surface area contributed by atoms with Gasteiger partial charge in [0.25, 0.3) is 11.3 Å². The minimum absolute atomic E-state index is 0.190. The fraction of sp³-hybridized carbons (Fsp3) is 0.286. The van der Waals surface area contributed by atoms with E-state index in [0.717, 1.165) is 5.69 Å². The molecule has 0 fully saturated rings. The summed E-state index contributed by atoms with van der Waals surface area (Å²) >= 11 is 0. The number of aryl methyl sites for hydroxylation is 3. The standard InChI is InChI=1S/C14H14N8O/c1-2-11-17-14-19-18-12-10(22(14)20-11)4-6-21(13(12)23)5-3-9-7-15-8-16-9/h4,6-8H,2-3,5H2,1H3,(H,15,16). The second kappa shape index (κ2) is 5.27. The van der Waals surface area contributed by atoms with E-state index in [9.17, 15) is 4.79 Å². The maximum atomic E-state index is 12.6. The maximum absolute atomic E-state index is 12.6. The van der Waals surface area contributed by atoms with Gasteiger partial charge in [0.1, 0.15) is 5.52 Å². The predicted octanol–water partition coefficient (Wildman–Crippen LogP) is 0.362. The van der Waals surface area contributed by atoms with E-state index in [2.05, 4.69) is 30.2 Å². The van der Waals surface area contributed by atoms with Crippen molar-refractivity contribution in [3.05, 3.63) is 46.7 Å². The molecule has 4 rings (SSSR count). The fourth-order valence-corrected chi connectivity index (χ4v) is 2.47. The highest BCUT2D eigenvalue weighted by Gasteiger charge is 2.12. The van der Waals surface area contributed by atoms with E-state index in [1.54, 1.807) is 27.8 Å². The highest BCUT2D eigenvalue weighted by atomic mass is 16.1. The van der Waals surface area contributed by atoms with Crippen molar-refractivity contribution in [2.24, 2.45) is 0 Å². The molecule has 0 amide bonds. The van der Waals surface area contributed by atoms with Crippen LogP contribution in [-0.4, -0.2) is 39.3 Å². The summed E-state index contributed by atoms with van der Waals surface area (Å²) in [5.41, 5.74) is 1.69. The van der Waals surface area contributed by atoms with Crippen molar-refractivity contribution in [2.75, 3.05) is 0 Å². The van der Waals surface area contributed by atoms with Crippen molar-refractivity contribution in [1.82, 2.24) is 39.3 Å². The van der Waals surface area contributed by atoms with Gasteiger partial charge in [0, 0.05) is 37.5 Å². The first kappa shape index (κ1) is 13.6. The molecule has 0 spiro atoms. The number of aromatic nitrogens is 8. The molecular formula is C14H14N8O. The average Bonchev–Trinajstić information content (AvgIpc) is 3.23. The van der Waals surface area contributed by atoms with Crippen LogP contribution in [0.4, 0.5) is 0 Å². The van der Waals surface area contributed by atoms with E-state index >= 15 is 0 Å². The number of hydrogen-bond donors (Lipinski definition) is 1. The summed E-state index contributed by atoms with van der Waals surface area (Å²) in [5.74, 6) is 1.08. The molecule has 4 aromatic rings. The van der Waals surface area contributed by atoms with E-state index in [0.29, 0.717) is 36.5 Å². The molecule has 0 aliphatic carbocycles. The number of fused-ring (bicyclic) bond motifs is 3. The Morgan fingerprint density at radius 1 is 1.30 bits per heavy atom. The van der Waals surface area contributed by atoms with E-state index < -0.39 is 0 Å². The number of H-pyrrole nitrogens is 1. The molecule has 0 unspecified atom stereocenters. The van der Waals surface area contributed by atoms with Gasteiger partial charge in [-0.25, -0.2) is 4.98 Å². The molecule has 0 saturated heterocycles. The molecule has 0 aliphatic heterocycles. The van der Waals surface area contributed by atoms with Crippen LogP contribution in [0.5, 0.6) is 0 Å². The first-order valence-electron chi connectivity index (χ1n) is 7.35. The van der Waals surface area contributed by atoms with E-state index in [4.69, 9.17) is 0 Å². The van der Waals surface area contributed by atoms with Gasteiger partial charge in [-0.3, -0.25) is 4.79 Å². The number of aromatic amines is 1. The lowest BCUT2D eigenvalue weighted by atomic mass is 10.3. The Kier molecular flexibility index (Phi) is 3.11. The zero-order valence-corrected chi connectivity index (χ0v) is 12.5. The molecule has 0 saturated carbocycles. The molecular weight excluding hydrogens is 296 g/mol. The quantitative estimate of drug-likeness (QED) is 0.583. The van der Waals surface area contributed by atoms with Crippen LogP contribution in [0.25, 0.3) is 16.8 Å². The molecule has 0 aromatic carbocycles. The minimum Gasteiger partial charge on any atom is -0.348 e. The van der Waals surface area contributed by atoms with Crippen molar-refractivity contribution in [3.8, 4) is 0 Å². The lowest BCUT2D eigenvalue weighted by Gasteiger charge is -2.06. The van der Waals surface area contributed by atoms with E-state index in [1.165, 1.54) is 0 Å². The van der Waals surface area contributed by atoms with E-state index in [1.807, 2.05) is 13.0 Å². The van der Waals surface area contributed by atoms with Crippen LogP contribution in [0.3, 0.4) is 0 Å². The number of imidazole rings is 1. The highest BCUT2D eigenvalue weighted by molar-refractivity contribution is 5.74. The van der Waals surface area contributed by atoms with Gasteiger partial charge >= 0.3 is 0 Å². The largest absolute Gasteiger partial charge is 0.348 e. The zero-order chi connectivity index (χ0) is 15.8. The molecule has 4 aromatic heterocycles. The predicted molar refractivity (Wildman–Crippen MR) is 82.0 cm³/mol. The molecule has 0 aliphatic rings. The highest BCUT2D eigenvalue weighted by Crippen LogP contribution is 2.08. The van der Waals surface area contributed by atoms with Crippen LogP contribution in [0.2, 0.25) is 0 Å². The van der Waals surface area contributed by atoms with Crippen molar-refractivity contribution in [3.63, 3.8) is 0 Å². The molecule has 0 bridgehead atoms. The molecule has 4 heterocycles. The van der Waals surface area contributed by atoms with Crippen molar-refractivity contribution in [2.45, 2.75) is 26.3 Å². The molecule has 23 heavy (non-hydrogen) atoms. The van der Waals surface area contributed by atoms with Gasteiger partial charge in [-0.05, 0) is 6.07 Å². The normalized spacial score (nSPS) is 11.5. The zero-order valence-electron chi connectivity index (χ0n) is 12.5. The molecule has 1 N–H and O–H groups in total. The summed E-state index contributed by atoms with van der Waals surface area (Å²) in [6, 6.07) is 1.82. The Hall–Kier alpha value is -3.10. The minimum atomic E-state index is -0.190. The smallest absolute Gasteiger partial charge is 0.280 e. The van der Waals surface area contributed by atoms with Crippen LogP contribution >= 0.6 is 0 Å². The van der Waals surface area contributed by atoms with Crippen molar-refractivity contribution >= 4 is 16.8 Å². The van der Waals surface area contributed by atoms with Crippen LogP contribution in [0, 0.1) is 0 Å². The second-order valence-corrected chi connectivity index (χ2v) is 5.17. The Bertz CT molecular complexity index is 1030. The van der Waals surface area contributed by atoms with E-state index in [-0.39, 0.29) is 11.1 Å². The monoisotopic (exact) mass is 310 g/mol. The number of hydrogen-bond acceptors (Lipinski definition) is 6. The van der Waals surface area contributed by atoms with Gasteiger partial charge in [0.15, 0.2) is 11.3 Å². The van der Waals surface area contributed by atoms with Gasteiger partial charge in [-0.2, -0.15) is 9.50 Å². The average molecular weight is 310 g/mol. The lowest BCUT2D eigenvalue weighted by Crippen LogP contribution is -2.22. The number of nitrogens with one attached hydrogen (secondary N) is 1. The SMILES string of the molecule is CCc1nc2nnc3c(=O)n(CCc4cnc[nH]4)ccc3n2n1. The summed E-state index contributed by atoms with van der Waals surface area (Å²) in [7, 11) is 0. The molecule has 0 atom stereocenters. The third kappa shape index (κ3) is 2.26. The lowest BCUT2D eigenvalue weighted by molar-refractivity contribution is 0.664. The Morgan fingerprint density at radius 2 is 2.22 bits per heavy atom. The third-order valence-corrected chi connectivity index (χ3v) is 3.71. The summed E-state index contributed by atoms with van der Waals surface area (Å²) in [4.78, 5) is 23.8. The summed E-state index contributed by atoms with van der Waals surface area (Å²) in [5, 5.41) is 12.4. The van der Waals surface area contributed by atoms with Gasteiger partial charge in [-0.15, -0.1) is 15.3 Å². The molecule has 9 nitrogen and oxygen atoms in total. The number of nitrogens with zero attached hydrogens (tertiary/aromatic N) is 7. The first-order valence-corrected chi connectivity index (χ1v) is 7.35. The summed E-state index contributed by atoms with van der Waals surface area (Å²) in [6.07, 6.45) is 6.50. The Morgan fingerprint density at radius 3 is 3.00 bits per heavy atom. The first-order chi connectivity index (χ1) is 11.3. The van der Waals surface area contributed by atoms with Gasteiger partial charge in [0.05, 0.1) is 6.33 Å². The summed E-state index contributed by atoms with van der Waals surface area (Å²) < 4.78 is 3.18. The van der Waals surface area contributed by atoms with Crippen LogP contribution in [0.1, 0.15) is 18.4 Å². The Balaban J connectivity index is 1.78. The van der Waals surface area contributed by atoms with Crippen LogP contribution < -0.4 is 5.56 Å². The number of rotatable bonds is 4. The Labute approximate surface area is 130 Å². The topological polar surface area (TPSA) is 107 Å². The fourth-order valence-electron chi connectivity index (χ4n) is 2.47. The molecule has 9 heteroatoms. The third-order valence-electron chi connectivity index (χ3n) is 3.71. The van der Waals surface area contributed by atoms with Gasteiger partial charge < -0.3 is 9.55 Å². The number of pyridine rings is 1. The van der Waals surface area contributed by atoms with Gasteiger partial charge in [-0.1, -0.05) is 6.92 Å². The van der Waals surface area contributed by atoms with Crippen LogP contribution in [0.15, 0.2) is 29.6 Å². The molecule has 0 radical (unpaired) electrons. The second-order valence-electron chi connectivity index (χ2n) is 5.17. The van der Waals surface area contributed by atoms with Crippen molar-refractivity contribution in [1.29, 1.82) is 0 Å². The maximum Gasteiger partial charge on any atom is 0.280 e. The van der Waals surface area contributed by atoms with Crippen LogP contribution in [-0.2, 0) is 19.4 Å². The summed E-state index contributed by atoms with van der Waals surface area (Å²) in [6.45, 7) is 2.50. The van der Waals surface area contributed by atoms with Gasteiger partial charge in [0.2, 0.25) is 0 Å². The van der Waals surface area contributed by atoms with Crippen molar-refractivity contribution < 1.29 is 0 Å².